The van der Waals surface area contributed by atoms with Gasteiger partial charge in [-0.05, 0) is 24.3 Å². The SMILES string of the molecule is Nc1nc(Cl)c2ncn(C3OC(COC(=O)c4ccccc4)C(OC(=O)c4ccccc4)C3(F)F)c2n1. The Labute approximate surface area is 212 Å². The van der Waals surface area contributed by atoms with Crippen LogP contribution in [0.3, 0.4) is 0 Å². The monoisotopic (exact) mass is 529 g/mol. The molecule has 0 aliphatic carbocycles. The molecule has 3 atom stereocenters. The second kappa shape index (κ2) is 9.71. The van der Waals surface area contributed by atoms with Crippen molar-refractivity contribution < 1.29 is 32.6 Å². The molecule has 0 saturated carbocycles. The summed E-state index contributed by atoms with van der Waals surface area (Å²) in [5.74, 6) is -5.84. The van der Waals surface area contributed by atoms with Gasteiger partial charge in [0.2, 0.25) is 12.2 Å². The number of rotatable bonds is 6. The van der Waals surface area contributed by atoms with Crippen LogP contribution in [0.15, 0.2) is 67.0 Å². The summed E-state index contributed by atoms with van der Waals surface area (Å²) in [6, 6.07) is 15.6. The van der Waals surface area contributed by atoms with Gasteiger partial charge in [-0.2, -0.15) is 18.7 Å². The van der Waals surface area contributed by atoms with E-state index < -0.39 is 42.9 Å². The minimum absolute atomic E-state index is 0.0204. The third-order valence-electron chi connectivity index (χ3n) is 5.63. The Morgan fingerprint density at radius 1 is 1.03 bits per heavy atom. The largest absolute Gasteiger partial charge is 0.459 e. The second-order valence-corrected chi connectivity index (χ2v) is 8.41. The number of carbonyl (C=O) groups excluding carboxylic acids is 2. The van der Waals surface area contributed by atoms with Gasteiger partial charge >= 0.3 is 17.9 Å². The molecule has 0 radical (unpaired) electrons. The summed E-state index contributed by atoms with van der Waals surface area (Å²) < 4.78 is 48.7. The van der Waals surface area contributed by atoms with E-state index in [1.807, 2.05) is 0 Å². The number of nitrogens with two attached hydrogens (primary N) is 1. The molecule has 3 unspecified atom stereocenters. The zero-order valence-electron chi connectivity index (χ0n) is 18.8. The summed E-state index contributed by atoms with van der Waals surface area (Å²) in [5, 5.41) is -0.136. The number of fused-ring (bicyclic) bond motifs is 1. The summed E-state index contributed by atoms with van der Waals surface area (Å²) in [7, 11) is 0. The zero-order chi connectivity index (χ0) is 26.2. The highest BCUT2D eigenvalue weighted by atomic mass is 35.5. The number of imidazole rings is 1. The van der Waals surface area contributed by atoms with Crippen LogP contribution in [0.2, 0.25) is 5.15 Å². The van der Waals surface area contributed by atoms with Gasteiger partial charge in [-0.25, -0.2) is 14.6 Å². The van der Waals surface area contributed by atoms with E-state index in [2.05, 4.69) is 15.0 Å². The first-order valence-electron chi connectivity index (χ1n) is 10.9. The highest BCUT2D eigenvalue weighted by molar-refractivity contribution is 6.33. The molecule has 3 heterocycles. The molecular formula is C24H18ClF2N5O5. The zero-order valence-corrected chi connectivity index (χ0v) is 19.6. The number of aromatic nitrogens is 4. The van der Waals surface area contributed by atoms with Crippen molar-refractivity contribution in [3.63, 3.8) is 0 Å². The number of hydrogen-bond donors (Lipinski definition) is 1. The van der Waals surface area contributed by atoms with E-state index in [0.717, 1.165) is 10.9 Å². The minimum atomic E-state index is -3.81. The number of benzene rings is 2. The summed E-state index contributed by atoms with van der Waals surface area (Å²) in [6.45, 7) is -0.628. The van der Waals surface area contributed by atoms with E-state index in [4.69, 9.17) is 31.5 Å². The number of esters is 2. The molecule has 0 spiro atoms. The predicted molar refractivity (Wildman–Crippen MR) is 126 cm³/mol. The molecule has 5 rings (SSSR count). The Bertz CT molecular complexity index is 1450. The lowest BCUT2D eigenvalue weighted by molar-refractivity contribution is -0.140. The third-order valence-corrected chi connectivity index (χ3v) is 5.89. The quantitative estimate of drug-likeness (QED) is 0.293. The molecule has 37 heavy (non-hydrogen) atoms. The van der Waals surface area contributed by atoms with Gasteiger partial charge in [0.25, 0.3) is 0 Å². The van der Waals surface area contributed by atoms with Crippen LogP contribution >= 0.6 is 11.6 Å². The highest BCUT2D eigenvalue weighted by Crippen LogP contribution is 2.46. The second-order valence-electron chi connectivity index (χ2n) is 8.05. The van der Waals surface area contributed by atoms with E-state index in [1.165, 1.54) is 24.3 Å². The Balaban J connectivity index is 1.47. The molecule has 1 aliphatic heterocycles. The van der Waals surface area contributed by atoms with Gasteiger partial charge in [-0.15, -0.1) is 0 Å². The van der Waals surface area contributed by atoms with Gasteiger partial charge in [0, 0.05) is 0 Å². The molecule has 4 aromatic rings. The summed E-state index contributed by atoms with van der Waals surface area (Å²) in [4.78, 5) is 36.8. The van der Waals surface area contributed by atoms with E-state index in [9.17, 15) is 9.59 Å². The van der Waals surface area contributed by atoms with Gasteiger partial charge in [-0.1, -0.05) is 48.0 Å². The van der Waals surface area contributed by atoms with Crippen LogP contribution in [0.4, 0.5) is 14.7 Å². The average molecular weight is 530 g/mol. The highest BCUT2D eigenvalue weighted by Gasteiger charge is 2.63. The fourth-order valence-corrected chi connectivity index (χ4v) is 4.11. The van der Waals surface area contributed by atoms with Crippen molar-refractivity contribution in [3.8, 4) is 0 Å². The third kappa shape index (κ3) is 4.68. The molecule has 1 saturated heterocycles. The van der Waals surface area contributed by atoms with E-state index in [-0.39, 0.29) is 33.4 Å². The van der Waals surface area contributed by atoms with Crippen molar-refractivity contribution in [3.05, 3.63) is 83.3 Å². The predicted octanol–water partition coefficient (Wildman–Crippen LogP) is 3.68. The smallest absolute Gasteiger partial charge is 0.338 e. The molecular weight excluding hydrogens is 512 g/mol. The Hall–Kier alpha value is -4.16. The average Bonchev–Trinajstić information content (AvgIpc) is 3.41. The lowest BCUT2D eigenvalue weighted by Crippen LogP contribution is -2.43. The molecule has 13 heteroatoms. The topological polar surface area (TPSA) is 131 Å². The Kier molecular flexibility index (Phi) is 6.44. The molecule has 2 aromatic heterocycles. The molecule has 10 nitrogen and oxygen atoms in total. The van der Waals surface area contributed by atoms with E-state index >= 15 is 8.78 Å². The summed E-state index contributed by atoms with van der Waals surface area (Å²) in [5.41, 5.74) is 5.81. The first-order chi connectivity index (χ1) is 17.8. The van der Waals surface area contributed by atoms with Crippen molar-refractivity contribution in [2.45, 2.75) is 24.4 Å². The Morgan fingerprint density at radius 3 is 2.30 bits per heavy atom. The van der Waals surface area contributed by atoms with Crippen molar-refractivity contribution in [1.82, 2.24) is 19.5 Å². The van der Waals surface area contributed by atoms with Crippen LogP contribution in [-0.2, 0) is 14.2 Å². The number of ether oxygens (including phenoxy) is 3. The van der Waals surface area contributed by atoms with Gasteiger partial charge in [-0.3, -0.25) is 4.57 Å². The standard InChI is InChI=1S/C24H18ClF2N5O5/c25-18-16-19(31-23(28)30-18)32(12-29-16)22-24(26,27)17(37-21(34)14-9-5-2-6-10-14)15(36-22)11-35-20(33)13-7-3-1-4-8-13/h1-10,12,15,17,22H,11H2,(H2,28,30,31). The van der Waals surface area contributed by atoms with Crippen molar-refractivity contribution >= 4 is 40.7 Å². The fourth-order valence-electron chi connectivity index (χ4n) is 3.89. The maximum atomic E-state index is 15.8. The maximum Gasteiger partial charge on any atom is 0.338 e. The minimum Gasteiger partial charge on any atom is -0.459 e. The molecule has 190 valence electrons. The fraction of sp³-hybridized carbons (Fsp3) is 0.208. The molecule has 2 N–H and O–H groups in total. The van der Waals surface area contributed by atoms with Crippen molar-refractivity contribution in [2.75, 3.05) is 12.3 Å². The number of halogens is 3. The number of hydrogen-bond acceptors (Lipinski definition) is 9. The van der Waals surface area contributed by atoms with E-state index in [0.29, 0.717) is 0 Å². The Morgan fingerprint density at radius 2 is 1.65 bits per heavy atom. The maximum absolute atomic E-state index is 15.8. The lowest BCUT2D eigenvalue weighted by atomic mass is 10.1. The van der Waals surface area contributed by atoms with Gasteiger partial charge in [0.15, 0.2) is 16.9 Å². The van der Waals surface area contributed by atoms with E-state index in [1.54, 1.807) is 36.4 Å². The number of nitrogens with zero attached hydrogens (tertiary/aromatic N) is 4. The van der Waals surface area contributed by atoms with Gasteiger partial charge < -0.3 is 19.9 Å². The first-order valence-corrected chi connectivity index (χ1v) is 11.3. The lowest BCUT2D eigenvalue weighted by Gasteiger charge is -2.24. The number of carbonyl (C=O) groups is 2. The van der Waals surface area contributed by atoms with Crippen molar-refractivity contribution in [1.29, 1.82) is 0 Å². The van der Waals surface area contributed by atoms with Crippen LogP contribution in [0, 0.1) is 0 Å². The normalized spacial score (nSPS) is 20.6. The molecule has 1 fully saturated rings. The van der Waals surface area contributed by atoms with Gasteiger partial charge in [0.1, 0.15) is 18.2 Å². The first kappa shape index (κ1) is 24.5. The van der Waals surface area contributed by atoms with Crippen molar-refractivity contribution in [2.24, 2.45) is 0 Å². The molecule has 1 aliphatic rings. The summed E-state index contributed by atoms with van der Waals surface area (Å²) >= 11 is 6.03. The number of nitrogen functional groups attached to an aromatic ring is 1. The number of alkyl halides is 2. The summed E-state index contributed by atoms with van der Waals surface area (Å²) in [6.07, 6.45) is -4.66. The van der Waals surface area contributed by atoms with Crippen LogP contribution in [-0.4, -0.2) is 56.2 Å². The van der Waals surface area contributed by atoms with Gasteiger partial charge in [0.05, 0.1) is 17.5 Å². The van der Waals surface area contributed by atoms with Crippen LogP contribution in [0.5, 0.6) is 0 Å². The molecule has 2 aromatic carbocycles. The number of anilines is 1. The molecule has 0 amide bonds. The van der Waals surface area contributed by atoms with Crippen LogP contribution < -0.4 is 5.73 Å². The molecule has 0 bridgehead atoms. The van der Waals surface area contributed by atoms with Crippen LogP contribution in [0.25, 0.3) is 11.2 Å². The van der Waals surface area contributed by atoms with Crippen LogP contribution in [0.1, 0.15) is 26.9 Å².